The number of nitrogens with one attached hydrogen (secondary N) is 2. The van der Waals surface area contributed by atoms with Gasteiger partial charge in [0.1, 0.15) is 0 Å². The van der Waals surface area contributed by atoms with Gasteiger partial charge in [-0.1, -0.05) is 0 Å². The van der Waals surface area contributed by atoms with Crippen molar-refractivity contribution in [2.45, 2.75) is 45.7 Å². The number of benzene rings is 1. The van der Waals surface area contributed by atoms with Crippen LogP contribution < -0.4 is 10.6 Å². The Balaban J connectivity index is 1.91. The Bertz CT molecular complexity index is 752. The minimum Gasteiger partial charge on any atom is -0.350 e. The third kappa shape index (κ3) is 6.71. The highest BCUT2D eigenvalue weighted by Crippen LogP contribution is 2.20. The maximum absolute atomic E-state index is 13.8. The monoisotopic (exact) mass is 414 g/mol. The minimum atomic E-state index is -1.62. The normalized spacial score (nSPS) is 17.5. The molecule has 1 atom stereocenters. The van der Waals surface area contributed by atoms with Crippen molar-refractivity contribution in [2.24, 2.45) is 0 Å². The first-order valence-corrected chi connectivity index (χ1v) is 9.69. The number of amides is 2. The van der Waals surface area contributed by atoms with E-state index in [0.717, 1.165) is 25.1 Å². The first-order valence-electron chi connectivity index (χ1n) is 9.69. The van der Waals surface area contributed by atoms with Crippen LogP contribution in [0.5, 0.6) is 0 Å². The van der Waals surface area contributed by atoms with Crippen LogP contribution in [0.15, 0.2) is 12.1 Å². The molecular formula is C20H29F3N4O2. The van der Waals surface area contributed by atoms with Gasteiger partial charge in [-0.25, -0.2) is 13.2 Å². The van der Waals surface area contributed by atoms with Crippen LogP contribution in [0.1, 0.15) is 34.1 Å². The zero-order valence-corrected chi connectivity index (χ0v) is 17.3. The predicted molar refractivity (Wildman–Crippen MR) is 105 cm³/mol. The van der Waals surface area contributed by atoms with Crippen molar-refractivity contribution in [1.29, 1.82) is 0 Å². The van der Waals surface area contributed by atoms with E-state index in [0.29, 0.717) is 19.6 Å². The van der Waals surface area contributed by atoms with Gasteiger partial charge < -0.3 is 10.6 Å². The van der Waals surface area contributed by atoms with Crippen LogP contribution >= 0.6 is 0 Å². The average molecular weight is 414 g/mol. The van der Waals surface area contributed by atoms with Crippen LogP contribution in [0.4, 0.5) is 18.9 Å². The number of hydrogen-bond donors (Lipinski definition) is 2. The minimum absolute atomic E-state index is 0.0504. The molecular weight excluding hydrogens is 385 g/mol. The van der Waals surface area contributed by atoms with Gasteiger partial charge >= 0.3 is 0 Å². The van der Waals surface area contributed by atoms with Gasteiger partial charge in [0.15, 0.2) is 17.5 Å². The summed E-state index contributed by atoms with van der Waals surface area (Å²) in [6.45, 7) is 10.2. The van der Waals surface area contributed by atoms with Crippen molar-refractivity contribution < 1.29 is 22.8 Å². The van der Waals surface area contributed by atoms with E-state index in [1.807, 2.05) is 30.6 Å². The molecule has 6 nitrogen and oxygen atoms in total. The van der Waals surface area contributed by atoms with Crippen LogP contribution in [0.3, 0.4) is 0 Å². The Labute approximate surface area is 169 Å². The van der Waals surface area contributed by atoms with Gasteiger partial charge in [-0.2, -0.15) is 0 Å². The van der Waals surface area contributed by atoms with E-state index in [-0.39, 0.29) is 18.0 Å². The Kier molecular flexibility index (Phi) is 7.65. The summed E-state index contributed by atoms with van der Waals surface area (Å²) >= 11 is 0. The van der Waals surface area contributed by atoms with Crippen molar-refractivity contribution in [3.05, 3.63) is 29.6 Å². The lowest BCUT2D eigenvalue weighted by Gasteiger charge is -2.27. The fraction of sp³-hybridized carbons (Fsp3) is 0.600. The van der Waals surface area contributed by atoms with Crippen LogP contribution in [0, 0.1) is 17.5 Å². The standard InChI is InChI=1S/C20H29F3N4O2/c1-13(19(29)24-15-7-6-14(21)17(22)18(15)23)27-9-5-8-26(10-11-27)12-16(28)25-20(2,3)4/h6-7,13H,5,8-12H2,1-4H3,(H,24,29)(H,25,28)/t13-/m0/s1. The number of carbonyl (C=O) groups is 2. The number of hydrogen-bond acceptors (Lipinski definition) is 4. The molecule has 2 amide bonds. The molecule has 162 valence electrons. The number of rotatable bonds is 5. The third-order valence-corrected chi connectivity index (χ3v) is 4.72. The van der Waals surface area contributed by atoms with Gasteiger partial charge in [0, 0.05) is 25.2 Å². The largest absolute Gasteiger partial charge is 0.350 e. The van der Waals surface area contributed by atoms with Gasteiger partial charge in [0.05, 0.1) is 18.3 Å². The molecule has 2 rings (SSSR count). The smallest absolute Gasteiger partial charge is 0.241 e. The molecule has 1 fully saturated rings. The second-order valence-electron chi connectivity index (χ2n) is 8.35. The molecule has 1 aliphatic rings. The van der Waals surface area contributed by atoms with E-state index in [1.54, 1.807) is 6.92 Å². The molecule has 1 heterocycles. The summed E-state index contributed by atoms with van der Waals surface area (Å²) < 4.78 is 40.2. The van der Waals surface area contributed by atoms with E-state index in [1.165, 1.54) is 0 Å². The number of anilines is 1. The molecule has 9 heteroatoms. The molecule has 29 heavy (non-hydrogen) atoms. The average Bonchev–Trinajstić information content (AvgIpc) is 2.85. The molecule has 0 aromatic heterocycles. The Hall–Kier alpha value is -2.13. The molecule has 1 aliphatic heterocycles. The molecule has 0 aliphatic carbocycles. The molecule has 1 saturated heterocycles. The number of carbonyl (C=O) groups excluding carboxylic acids is 2. The number of halogens is 3. The lowest BCUT2D eigenvalue weighted by molar-refractivity contribution is -0.124. The van der Waals surface area contributed by atoms with E-state index in [2.05, 4.69) is 10.6 Å². The van der Waals surface area contributed by atoms with E-state index >= 15 is 0 Å². The Morgan fingerprint density at radius 2 is 1.76 bits per heavy atom. The summed E-state index contributed by atoms with van der Waals surface area (Å²) in [5.41, 5.74) is -0.688. The summed E-state index contributed by atoms with van der Waals surface area (Å²) in [6, 6.07) is 1.17. The van der Waals surface area contributed by atoms with Crippen molar-refractivity contribution in [3.63, 3.8) is 0 Å². The highest BCUT2D eigenvalue weighted by molar-refractivity contribution is 5.94. The second-order valence-corrected chi connectivity index (χ2v) is 8.35. The van der Waals surface area contributed by atoms with Gasteiger partial charge in [-0.3, -0.25) is 19.4 Å². The van der Waals surface area contributed by atoms with Crippen molar-refractivity contribution in [2.75, 3.05) is 38.0 Å². The highest BCUT2D eigenvalue weighted by Gasteiger charge is 2.26. The zero-order chi connectivity index (χ0) is 21.8. The molecule has 0 spiro atoms. The van der Waals surface area contributed by atoms with Crippen molar-refractivity contribution in [3.8, 4) is 0 Å². The molecule has 0 bridgehead atoms. The SMILES string of the molecule is C[C@@H](C(=O)Nc1ccc(F)c(F)c1F)N1CCCN(CC(=O)NC(C)(C)C)CC1. The van der Waals surface area contributed by atoms with Crippen LogP contribution in [-0.2, 0) is 9.59 Å². The van der Waals surface area contributed by atoms with Crippen LogP contribution in [0.2, 0.25) is 0 Å². The molecule has 0 saturated carbocycles. The van der Waals surface area contributed by atoms with Crippen molar-refractivity contribution in [1.82, 2.24) is 15.1 Å². The quantitative estimate of drug-likeness (QED) is 0.726. The second kappa shape index (κ2) is 9.58. The topological polar surface area (TPSA) is 64.7 Å². The van der Waals surface area contributed by atoms with E-state index in [4.69, 9.17) is 0 Å². The van der Waals surface area contributed by atoms with Gasteiger partial charge in [0.25, 0.3) is 0 Å². The summed E-state index contributed by atoms with van der Waals surface area (Å²) in [4.78, 5) is 28.6. The maximum Gasteiger partial charge on any atom is 0.241 e. The first kappa shape index (κ1) is 23.2. The summed E-state index contributed by atoms with van der Waals surface area (Å²) in [5.74, 6) is -4.90. The number of nitrogens with zero attached hydrogens (tertiary/aromatic N) is 2. The fourth-order valence-corrected chi connectivity index (χ4v) is 3.22. The highest BCUT2D eigenvalue weighted by atomic mass is 19.2. The van der Waals surface area contributed by atoms with Gasteiger partial charge in [0.2, 0.25) is 11.8 Å². The van der Waals surface area contributed by atoms with Crippen LogP contribution in [0.25, 0.3) is 0 Å². The third-order valence-electron chi connectivity index (χ3n) is 4.72. The summed E-state index contributed by atoms with van der Waals surface area (Å²) in [7, 11) is 0. The Morgan fingerprint density at radius 3 is 2.41 bits per heavy atom. The Morgan fingerprint density at radius 1 is 1.07 bits per heavy atom. The molecule has 1 aromatic rings. The van der Waals surface area contributed by atoms with Crippen molar-refractivity contribution >= 4 is 17.5 Å². The molecule has 0 unspecified atom stereocenters. The van der Waals surface area contributed by atoms with Gasteiger partial charge in [-0.15, -0.1) is 0 Å². The molecule has 1 aromatic carbocycles. The fourth-order valence-electron chi connectivity index (χ4n) is 3.22. The van der Waals surface area contributed by atoms with E-state index < -0.39 is 35.1 Å². The summed E-state index contributed by atoms with van der Waals surface area (Å²) in [6.07, 6.45) is 0.764. The van der Waals surface area contributed by atoms with E-state index in [9.17, 15) is 22.8 Å². The molecule has 0 radical (unpaired) electrons. The predicted octanol–water partition coefficient (Wildman–Crippen LogP) is 2.35. The lowest BCUT2D eigenvalue weighted by Crippen LogP contribution is -2.47. The lowest BCUT2D eigenvalue weighted by atomic mass is 10.1. The first-order chi connectivity index (χ1) is 13.5. The maximum atomic E-state index is 13.8. The summed E-state index contributed by atoms with van der Waals surface area (Å²) in [5, 5.41) is 5.25. The van der Waals surface area contributed by atoms with Gasteiger partial charge in [-0.05, 0) is 52.8 Å². The van der Waals surface area contributed by atoms with Crippen LogP contribution in [-0.4, -0.2) is 65.9 Å². The molecule has 2 N–H and O–H groups in total. The zero-order valence-electron chi connectivity index (χ0n) is 17.3.